The van der Waals surface area contributed by atoms with Crippen molar-refractivity contribution in [3.8, 4) is 11.4 Å². The summed E-state index contributed by atoms with van der Waals surface area (Å²) < 4.78 is 12.2. The van der Waals surface area contributed by atoms with Crippen molar-refractivity contribution in [3.05, 3.63) is 47.4 Å². The van der Waals surface area contributed by atoms with Gasteiger partial charge in [-0.05, 0) is 31.2 Å². The molecule has 3 rings (SSSR count). The monoisotopic (exact) mass is 347 g/mol. The normalized spacial score (nSPS) is 12.3. The first-order valence-corrected chi connectivity index (χ1v) is 7.92. The number of ether oxygens (including phenoxy) is 1. The van der Waals surface area contributed by atoms with Crippen molar-refractivity contribution in [1.29, 1.82) is 0 Å². The number of benzene rings is 1. The molecule has 0 radical (unpaired) electrons. The number of methoxy groups -OCH3 is 1. The molecule has 0 bridgehead atoms. The second kappa shape index (κ2) is 7.46. The lowest BCUT2D eigenvalue weighted by molar-refractivity contribution is 0.183. The minimum atomic E-state index is -0.163. The van der Waals surface area contributed by atoms with Gasteiger partial charge >= 0.3 is 0 Å². The smallest absolute Gasteiger partial charge is 0.249 e. The molecule has 7 nitrogen and oxygen atoms in total. The molecule has 24 heavy (non-hydrogen) atoms. The van der Waals surface area contributed by atoms with Crippen LogP contribution in [-0.2, 0) is 11.3 Å². The highest BCUT2D eigenvalue weighted by atomic mass is 35.5. The highest BCUT2D eigenvalue weighted by Crippen LogP contribution is 2.22. The van der Waals surface area contributed by atoms with E-state index in [9.17, 15) is 0 Å². The van der Waals surface area contributed by atoms with Crippen LogP contribution in [0.25, 0.3) is 11.4 Å². The van der Waals surface area contributed by atoms with Gasteiger partial charge in [-0.3, -0.25) is 4.68 Å². The average Bonchev–Trinajstić information content (AvgIpc) is 3.23. The van der Waals surface area contributed by atoms with Crippen LogP contribution in [0.5, 0.6) is 0 Å². The second-order valence-corrected chi connectivity index (χ2v) is 5.72. The fourth-order valence-electron chi connectivity index (χ4n) is 2.16. The van der Waals surface area contributed by atoms with Gasteiger partial charge in [0.25, 0.3) is 0 Å². The number of anilines is 1. The lowest BCUT2D eigenvalue weighted by Gasteiger charge is -2.07. The van der Waals surface area contributed by atoms with Crippen LogP contribution in [0.15, 0.2) is 41.1 Å². The van der Waals surface area contributed by atoms with Gasteiger partial charge in [0.15, 0.2) is 0 Å². The molecule has 8 heteroatoms. The number of nitrogens with one attached hydrogen (secondary N) is 1. The summed E-state index contributed by atoms with van der Waals surface area (Å²) in [7, 11) is 1.67. The van der Waals surface area contributed by atoms with Crippen molar-refractivity contribution in [1.82, 2.24) is 19.9 Å². The molecule has 1 atom stereocenters. The van der Waals surface area contributed by atoms with Crippen molar-refractivity contribution in [2.75, 3.05) is 19.0 Å². The van der Waals surface area contributed by atoms with Crippen LogP contribution in [-0.4, -0.2) is 33.6 Å². The third kappa shape index (κ3) is 3.93. The van der Waals surface area contributed by atoms with Crippen molar-refractivity contribution in [3.63, 3.8) is 0 Å². The number of aromatic nitrogens is 4. The van der Waals surface area contributed by atoms with E-state index >= 15 is 0 Å². The van der Waals surface area contributed by atoms with Crippen molar-refractivity contribution in [2.45, 2.75) is 19.5 Å². The molecule has 2 aromatic heterocycles. The molecular formula is C16H18ClN5O2. The summed E-state index contributed by atoms with van der Waals surface area (Å²) in [5.41, 5.74) is 0.852. The molecule has 0 fully saturated rings. The zero-order chi connectivity index (χ0) is 16.9. The molecule has 0 aliphatic heterocycles. The zero-order valence-electron chi connectivity index (χ0n) is 13.4. The van der Waals surface area contributed by atoms with Crippen LogP contribution in [0.4, 0.5) is 5.82 Å². The van der Waals surface area contributed by atoms with E-state index in [0.29, 0.717) is 29.9 Å². The second-order valence-electron chi connectivity index (χ2n) is 5.29. The molecule has 0 aliphatic rings. The minimum Gasteiger partial charge on any atom is -0.383 e. The predicted octanol–water partition coefficient (Wildman–Crippen LogP) is 3.41. The molecule has 2 heterocycles. The summed E-state index contributed by atoms with van der Waals surface area (Å²) in [4.78, 5) is 4.42. The van der Waals surface area contributed by atoms with Gasteiger partial charge < -0.3 is 14.6 Å². The SMILES string of the molecule is COCCn1ccc(N[C@H](C)c2nc(-c3ccc(Cl)cc3)no2)n1. The van der Waals surface area contributed by atoms with Gasteiger partial charge in [-0.1, -0.05) is 16.8 Å². The Morgan fingerprint density at radius 2 is 2.08 bits per heavy atom. The first-order valence-electron chi connectivity index (χ1n) is 7.54. The maximum absolute atomic E-state index is 5.89. The van der Waals surface area contributed by atoms with Crippen LogP contribution >= 0.6 is 11.6 Å². The van der Waals surface area contributed by atoms with Gasteiger partial charge in [0.05, 0.1) is 13.2 Å². The van der Waals surface area contributed by atoms with E-state index in [0.717, 1.165) is 11.4 Å². The summed E-state index contributed by atoms with van der Waals surface area (Å²) >= 11 is 5.89. The molecule has 0 aliphatic carbocycles. The van der Waals surface area contributed by atoms with E-state index in [1.54, 1.807) is 19.2 Å². The maximum atomic E-state index is 5.89. The molecule has 3 aromatic rings. The third-order valence-electron chi connectivity index (χ3n) is 3.44. The zero-order valence-corrected chi connectivity index (χ0v) is 14.2. The lowest BCUT2D eigenvalue weighted by Crippen LogP contribution is -2.09. The van der Waals surface area contributed by atoms with Gasteiger partial charge in [0, 0.05) is 30.0 Å². The van der Waals surface area contributed by atoms with Gasteiger partial charge in [-0.25, -0.2) is 0 Å². The largest absolute Gasteiger partial charge is 0.383 e. The van der Waals surface area contributed by atoms with Crippen LogP contribution in [0.3, 0.4) is 0 Å². The van der Waals surface area contributed by atoms with Crippen molar-refractivity contribution in [2.24, 2.45) is 0 Å². The fourth-order valence-corrected chi connectivity index (χ4v) is 2.28. The predicted molar refractivity (Wildman–Crippen MR) is 90.9 cm³/mol. The molecule has 0 unspecified atom stereocenters. The van der Waals surface area contributed by atoms with E-state index in [1.807, 2.05) is 36.0 Å². The fraction of sp³-hybridized carbons (Fsp3) is 0.312. The molecule has 0 saturated carbocycles. The van der Waals surface area contributed by atoms with Crippen LogP contribution in [0.2, 0.25) is 5.02 Å². The molecule has 0 spiro atoms. The highest BCUT2D eigenvalue weighted by molar-refractivity contribution is 6.30. The van der Waals surface area contributed by atoms with Gasteiger partial charge in [0.2, 0.25) is 11.7 Å². The van der Waals surface area contributed by atoms with Crippen molar-refractivity contribution < 1.29 is 9.26 Å². The number of nitrogens with zero attached hydrogens (tertiary/aromatic N) is 4. The van der Waals surface area contributed by atoms with Crippen LogP contribution < -0.4 is 5.32 Å². The number of rotatable bonds is 7. The molecule has 1 aromatic carbocycles. The van der Waals surface area contributed by atoms with E-state index < -0.39 is 0 Å². The van der Waals surface area contributed by atoms with E-state index in [-0.39, 0.29) is 6.04 Å². The van der Waals surface area contributed by atoms with Crippen molar-refractivity contribution >= 4 is 17.4 Å². The Labute approximate surface area is 144 Å². The standard InChI is InChI=1S/C16H18ClN5O2/c1-11(18-14-7-8-22(20-14)9-10-23-2)16-19-15(21-24-16)12-3-5-13(17)6-4-12/h3-8,11H,9-10H2,1-2H3,(H,18,20)/t11-/m1/s1. The highest BCUT2D eigenvalue weighted by Gasteiger charge is 2.16. The molecule has 1 N–H and O–H groups in total. The topological polar surface area (TPSA) is 78.0 Å². The molecule has 0 amide bonds. The minimum absolute atomic E-state index is 0.163. The Balaban J connectivity index is 1.66. The first-order chi connectivity index (χ1) is 11.7. The quantitative estimate of drug-likeness (QED) is 0.705. The summed E-state index contributed by atoms with van der Waals surface area (Å²) in [6.07, 6.45) is 1.89. The number of halogens is 1. The van der Waals surface area contributed by atoms with Gasteiger partial charge in [-0.2, -0.15) is 10.1 Å². The third-order valence-corrected chi connectivity index (χ3v) is 3.70. The summed E-state index contributed by atoms with van der Waals surface area (Å²) in [6.45, 7) is 3.26. The summed E-state index contributed by atoms with van der Waals surface area (Å²) in [6, 6.07) is 9.02. The Morgan fingerprint density at radius 3 is 2.83 bits per heavy atom. The maximum Gasteiger partial charge on any atom is 0.249 e. The number of hydrogen-bond acceptors (Lipinski definition) is 6. The Morgan fingerprint density at radius 1 is 1.29 bits per heavy atom. The van der Waals surface area contributed by atoms with E-state index in [1.165, 1.54) is 0 Å². The van der Waals surface area contributed by atoms with E-state index in [4.69, 9.17) is 20.9 Å². The molecule has 0 saturated heterocycles. The van der Waals surface area contributed by atoms with Crippen LogP contribution in [0.1, 0.15) is 18.9 Å². The summed E-state index contributed by atoms with van der Waals surface area (Å²) in [5, 5.41) is 12.3. The Kier molecular flexibility index (Phi) is 5.12. The van der Waals surface area contributed by atoms with E-state index in [2.05, 4.69) is 20.6 Å². The van der Waals surface area contributed by atoms with Gasteiger partial charge in [0.1, 0.15) is 11.9 Å². The first kappa shape index (κ1) is 16.5. The Bertz CT molecular complexity index is 784. The van der Waals surface area contributed by atoms with Gasteiger partial charge in [-0.15, -0.1) is 0 Å². The lowest BCUT2D eigenvalue weighted by atomic mass is 10.2. The Hall–Kier alpha value is -2.38. The summed E-state index contributed by atoms with van der Waals surface area (Å²) in [5.74, 6) is 1.76. The van der Waals surface area contributed by atoms with Crippen LogP contribution in [0, 0.1) is 0 Å². The average molecular weight is 348 g/mol. The molecular weight excluding hydrogens is 330 g/mol. The number of hydrogen-bond donors (Lipinski definition) is 1. The molecule has 126 valence electrons.